The summed E-state index contributed by atoms with van der Waals surface area (Å²) in [6.07, 6.45) is 6.72. The largest absolute Gasteiger partial charge is 0.372 e. The molecule has 2 unspecified atom stereocenters. The molecule has 1 aliphatic heterocycles. The molecule has 1 fully saturated rings. The van der Waals surface area contributed by atoms with Crippen molar-refractivity contribution in [2.24, 2.45) is 11.8 Å². The van der Waals surface area contributed by atoms with Crippen LogP contribution in [0.5, 0.6) is 0 Å². The van der Waals surface area contributed by atoms with Gasteiger partial charge in [0.05, 0.1) is 5.92 Å². The lowest BCUT2D eigenvalue weighted by Crippen LogP contribution is -2.24. The summed E-state index contributed by atoms with van der Waals surface area (Å²) in [6.45, 7) is 4.01. The van der Waals surface area contributed by atoms with Crippen LogP contribution in [0.4, 0.5) is 0 Å². The molecule has 0 radical (unpaired) electrons. The summed E-state index contributed by atoms with van der Waals surface area (Å²) in [6, 6.07) is 10.5. The SMILES string of the molecule is CCCCC1CC2=CN(Cc3ccccc3)CC2C1=O. The monoisotopic (exact) mass is 269 g/mol. The van der Waals surface area contributed by atoms with E-state index in [0.29, 0.717) is 11.7 Å². The van der Waals surface area contributed by atoms with E-state index in [1.54, 1.807) is 0 Å². The van der Waals surface area contributed by atoms with Crippen LogP contribution in [0.1, 0.15) is 38.2 Å². The van der Waals surface area contributed by atoms with Crippen molar-refractivity contribution in [2.75, 3.05) is 6.54 Å². The highest BCUT2D eigenvalue weighted by atomic mass is 16.1. The first kappa shape index (κ1) is 13.4. The molecule has 1 aromatic carbocycles. The van der Waals surface area contributed by atoms with Crippen LogP contribution in [0, 0.1) is 11.8 Å². The number of rotatable bonds is 5. The van der Waals surface area contributed by atoms with E-state index in [0.717, 1.165) is 25.9 Å². The van der Waals surface area contributed by atoms with Gasteiger partial charge in [0.2, 0.25) is 0 Å². The first-order valence-corrected chi connectivity index (χ1v) is 7.80. The van der Waals surface area contributed by atoms with Gasteiger partial charge in [-0.3, -0.25) is 4.79 Å². The van der Waals surface area contributed by atoms with Crippen molar-refractivity contribution in [1.29, 1.82) is 0 Å². The number of nitrogens with zero attached hydrogens (tertiary/aromatic N) is 1. The zero-order valence-corrected chi connectivity index (χ0v) is 12.2. The minimum Gasteiger partial charge on any atom is -0.372 e. The molecule has 0 N–H and O–H groups in total. The van der Waals surface area contributed by atoms with E-state index < -0.39 is 0 Å². The number of Topliss-reactive ketones (excluding diaryl/α,β-unsaturated/α-hetero) is 1. The molecule has 0 saturated heterocycles. The van der Waals surface area contributed by atoms with Crippen LogP contribution < -0.4 is 0 Å². The minimum atomic E-state index is 0.195. The summed E-state index contributed by atoms with van der Waals surface area (Å²) >= 11 is 0. The van der Waals surface area contributed by atoms with Crippen LogP contribution in [0.3, 0.4) is 0 Å². The van der Waals surface area contributed by atoms with Crippen LogP contribution in [-0.2, 0) is 11.3 Å². The molecule has 1 aromatic rings. The molecule has 1 heterocycles. The minimum absolute atomic E-state index is 0.195. The number of hydrogen-bond acceptors (Lipinski definition) is 2. The number of fused-ring (bicyclic) bond motifs is 1. The van der Waals surface area contributed by atoms with Gasteiger partial charge in [-0.25, -0.2) is 0 Å². The summed E-state index contributed by atoms with van der Waals surface area (Å²) in [4.78, 5) is 14.7. The Kier molecular flexibility index (Phi) is 3.90. The lowest BCUT2D eigenvalue weighted by molar-refractivity contribution is -0.123. The van der Waals surface area contributed by atoms with Gasteiger partial charge in [-0.1, -0.05) is 50.1 Å². The van der Waals surface area contributed by atoms with Gasteiger partial charge in [0, 0.05) is 19.0 Å². The van der Waals surface area contributed by atoms with E-state index in [-0.39, 0.29) is 5.92 Å². The van der Waals surface area contributed by atoms with Crippen LogP contribution in [0.2, 0.25) is 0 Å². The maximum absolute atomic E-state index is 12.4. The topological polar surface area (TPSA) is 20.3 Å². The highest BCUT2D eigenvalue weighted by molar-refractivity contribution is 5.90. The molecule has 3 rings (SSSR count). The summed E-state index contributed by atoms with van der Waals surface area (Å²) in [5, 5.41) is 0. The van der Waals surface area contributed by atoms with Gasteiger partial charge in [0.25, 0.3) is 0 Å². The second kappa shape index (κ2) is 5.82. The van der Waals surface area contributed by atoms with Crippen molar-refractivity contribution < 1.29 is 4.79 Å². The van der Waals surface area contributed by atoms with Crippen LogP contribution >= 0.6 is 0 Å². The van der Waals surface area contributed by atoms with Crippen LogP contribution in [0.15, 0.2) is 42.1 Å². The van der Waals surface area contributed by atoms with Crippen molar-refractivity contribution >= 4 is 5.78 Å². The van der Waals surface area contributed by atoms with Gasteiger partial charge in [-0.05, 0) is 30.2 Å². The maximum Gasteiger partial charge on any atom is 0.145 e. The second-order valence-electron chi connectivity index (χ2n) is 6.12. The van der Waals surface area contributed by atoms with E-state index in [9.17, 15) is 4.79 Å². The molecule has 1 saturated carbocycles. The van der Waals surface area contributed by atoms with Crippen molar-refractivity contribution in [3.8, 4) is 0 Å². The fourth-order valence-electron chi connectivity index (χ4n) is 3.49. The first-order chi connectivity index (χ1) is 9.78. The number of ketones is 1. The summed E-state index contributed by atoms with van der Waals surface area (Å²) in [5.74, 6) is 1.01. The highest BCUT2D eigenvalue weighted by Crippen LogP contribution is 2.40. The normalized spacial score (nSPS) is 24.9. The maximum atomic E-state index is 12.4. The molecule has 106 valence electrons. The van der Waals surface area contributed by atoms with E-state index >= 15 is 0 Å². The third-order valence-electron chi connectivity index (χ3n) is 4.58. The Hall–Kier alpha value is -1.57. The molecular weight excluding hydrogens is 246 g/mol. The zero-order chi connectivity index (χ0) is 13.9. The third kappa shape index (κ3) is 2.65. The van der Waals surface area contributed by atoms with Crippen molar-refractivity contribution in [1.82, 2.24) is 4.90 Å². The smallest absolute Gasteiger partial charge is 0.145 e. The van der Waals surface area contributed by atoms with Gasteiger partial charge in [-0.2, -0.15) is 0 Å². The Morgan fingerprint density at radius 2 is 2.05 bits per heavy atom. The molecule has 0 aromatic heterocycles. The second-order valence-corrected chi connectivity index (χ2v) is 6.12. The molecule has 0 bridgehead atoms. The number of carbonyl (C=O) groups excluding carboxylic acids is 1. The average molecular weight is 269 g/mol. The van der Waals surface area contributed by atoms with Crippen molar-refractivity contribution in [3.05, 3.63) is 47.7 Å². The third-order valence-corrected chi connectivity index (χ3v) is 4.58. The Bertz CT molecular complexity index is 505. The van der Waals surface area contributed by atoms with Gasteiger partial charge in [0.15, 0.2) is 0 Å². The predicted molar refractivity (Wildman–Crippen MR) is 81.1 cm³/mol. The standard InChI is InChI=1S/C18H23NO/c1-2-3-9-15-10-16-12-19(13-17(16)18(15)20)11-14-7-5-4-6-8-14/h4-8,12,15,17H,2-3,9-11,13H2,1H3. The number of benzene rings is 1. The molecular formula is C18H23NO. The van der Waals surface area contributed by atoms with Crippen molar-refractivity contribution in [2.45, 2.75) is 39.2 Å². The molecule has 2 aliphatic rings. The molecule has 0 amide bonds. The van der Waals surface area contributed by atoms with Gasteiger partial charge in [0.1, 0.15) is 5.78 Å². The lowest BCUT2D eigenvalue weighted by atomic mass is 9.97. The Morgan fingerprint density at radius 1 is 1.25 bits per heavy atom. The van der Waals surface area contributed by atoms with Gasteiger partial charge >= 0.3 is 0 Å². The fourth-order valence-corrected chi connectivity index (χ4v) is 3.49. The summed E-state index contributed by atoms with van der Waals surface area (Å²) < 4.78 is 0. The molecule has 2 heteroatoms. The molecule has 0 spiro atoms. The number of hydrogen-bond donors (Lipinski definition) is 0. The zero-order valence-electron chi connectivity index (χ0n) is 12.2. The fraction of sp³-hybridized carbons (Fsp3) is 0.500. The van der Waals surface area contributed by atoms with E-state index in [2.05, 4.69) is 42.3 Å². The van der Waals surface area contributed by atoms with E-state index in [1.165, 1.54) is 24.0 Å². The lowest BCUT2D eigenvalue weighted by Gasteiger charge is -2.18. The summed E-state index contributed by atoms with van der Waals surface area (Å²) in [5.41, 5.74) is 2.70. The quantitative estimate of drug-likeness (QED) is 0.810. The van der Waals surface area contributed by atoms with Crippen LogP contribution in [0.25, 0.3) is 0 Å². The molecule has 2 nitrogen and oxygen atoms in total. The number of carbonyl (C=O) groups is 1. The summed E-state index contributed by atoms with van der Waals surface area (Å²) in [7, 11) is 0. The number of unbranched alkanes of at least 4 members (excludes halogenated alkanes) is 1. The molecule has 20 heavy (non-hydrogen) atoms. The van der Waals surface area contributed by atoms with E-state index in [4.69, 9.17) is 0 Å². The van der Waals surface area contributed by atoms with Crippen LogP contribution in [-0.4, -0.2) is 17.2 Å². The average Bonchev–Trinajstić information content (AvgIpc) is 2.97. The Balaban J connectivity index is 1.62. The molecule has 1 aliphatic carbocycles. The molecule has 2 atom stereocenters. The first-order valence-electron chi connectivity index (χ1n) is 7.80. The van der Waals surface area contributed by atoms with E-state index in [1.807, 2.05) is 6.07 Å². The van der Waals surface area contributed by atoms with Gasteiger partial charge < -0.3 is 4.90 Å². The predicted octanol–water partition coefficient (Wildman–Crippen LogP) is 3.78. The van der Waals surface area contributed by atoms with Gasteiger partial charge in [-0.15, -0.1) is 0 Å². The van der Waals surface area contributed by atoms with Crippen molar-refractivity contribution in [3.63, 3.8) is 0 Å². The highest BCUT2D eigenvalue weighted by Gasteiger charge is 2.41. The Labute approximate surface area is 121 Å². The Morgan fingerprint density at radius 3 is 2.75 bits per heavy atom.